The molecule has 1 amide bonds. The van der Waals surface area contributed by atoms with Crippen LogP contribution in [0.25, 0.3) is 0 Å². The molecular weight excluding hydrogens is 329 g/mol. The van der Waals surface area contributed by atoms with Crippen LogP contribution in [0.2, 0.25) is 0 Å². The summed E-state index contributed by atoms with van der Waals surface area (Å²) >= 11 is 1.48. The highest BCUT2D eigenvalue weighted by atomic mass is 32.1. The van der Waals surface area contributed by atoms with Crippen LogP contribution in [0.3, 0.4) is 0 Å². The second-order valence-corrected chi connectivity index (χ2v) is 6.74. The molecule has 1 aromatic carbocycles. The number of halogens is 1. The van der Waals surface area contributed by atoms with Crippen LogP contribution in [0.4, 0.5) is 10.1 Å². The normalized spacial score (nSPS) is 18.3. The van der Waals surface area contributed by atoms with Gasteiger partial charge in [0.05, 0.1) is 18.8 Å². The molecule has 2 heterocycles. The maximum absolute atomic E-state index is 13.6. The molecule has 1 aliphatic rings. The van der Waals surface area contributed by atoms with Crippen LogP contribution in [0, 0.1) is 11.7 Å². The number of anilines is 1. The van der Waals surface area contributed by atoms with E-state index in [0.717, 1.165) is 25.9 Å². The number of carbonyl (C=O) groups excluding carboxylic acids is 1. The van der Waals surface area contributed by atoms with Crippen LogP contribution < -0.4 is 10.1 Å². The number of likely N-dealkylation sites (tertiary alicyclic amines) is 1. The highest BCUT2D eigenvalue weighted by molar-refractivity contribution is 7.11. The third kappa shape index (κ3) is 4.75. The summed E-state index contributed by atoms with van der Waals surface area (Å²) in [6, 6.07) is 6.20. The zero-order valence-corrected chi connectivity index (χ0v) is 14.1. The molecular formula is C17H20FN3O2S. The summed E-state index contributed by atoms with van der Waals surface area (Å²) in [7, 11) is 0. The molecule has 1 saturated heterocycles. The molecule has 0 saturated carbocycles. The molecule has 2 aromatic rings. The zero-order chi connectivity index (χ0) is 16.8. The molecule has 3 rings (SSSR count). The summed E-state index contributed by atoms with van der Waals surface area (Å²) in [5.41, 5.74) is 0.225. The molecule has 1 aromatic heterocycles. The first kappa shape index (κ1) is 16.9. The second-order valence-electron chi connectivity index (χ2n) is 5.88. The molecule has 128 valence electrons. The van der Waals surface area contributed by atoms with E-state index in [4.69, 9.17) is 4.74 Å². The van der Waals surface area contributed by atoms with Gasteiger partial charge in [-0.2, -0.15) is 0 Å². The molecule has 0 aliphatic carbocycles. The smallest absolute Gasteiger partial charge is 0.273 e. The van der Waals surface area contributed by atoms with Gasteiger partial charge in [0.25, 0.3) is 5.19 Å². The number of nitrogens with zero attached hydrogens (tertiary/aromatic N) is 2. The Morgan fingerprint density at radius 3 is 3.12 bits per heavy atom. The Hall–Kier alpha value is -1.99. The van der Waals surface area contributed by atoms with E-state index >= 15 is 0 Å². The molecule has 0 bridgehead atoms. The van der Waals surface area contributed by atoms with Gasteiger partial charge < -0.3 is 10.1 Å². The van der Waals surface area contributed by atoms with Crippen molar-refractivity contribution in [1.29, 1.82) is 0 Å². The molecule has 0 radical (unpaired) electrons. The lowest BCUT2D eigenvalue weighted by atomic mass is 9.99. The van der Waals surface area contributed by atoms with Gasteiger partial charge in [0.1, 0.15) is 5.82 Å². The Bertz CT molecular complexity index is 666. The van der Waals surface area contributed by atoms with Crippen molar-refractivity contribution in [3.63, 3.8) is 0 Å². The topological polar surface area (TPSA) is 54.5 Å². The van der Waals surface area contributed by atoms with Gasteiger partial charge in [-0.3, -0.25) is 9.69 Å². The predicted molar refractivity (Wildman–Crippen MR) is 91.8 cm³/mol. The lowest BCUT2D eigenvalue weighted by Crippen LogP contribution is -2.42. The number of amides is 1. The van der Waals surface area contributed by atoms with Crippen molar-refractivity contribution in [3.8, 4) is 5.19 Å². The lowest BCUT2D eigenvalue weighted by molar-refractivity contribution is -0.117. The van der Waals surface area contributed by atoms with Crippen LogP contribution in [-0.2, 0) is 4.79 Å². The van der Waals surface area contributed by atoms with E-state index in [1.807, 2.05) is 5.38 Å². The summed E-state index contributed by atoms with van der Waals surface area (Å²) in [5.74, 6) is -0.232. The van der Waals surface area contributed by atoms with Crippen molar-refractivity contribution in [1.82, 2.24) is 9.88 Å². The Morgan fingerprint density at radius 1 is 1.46 bits per heavy atom. The molecule has 1 aliphatic heterocycles. The van der Waals surface area contributed by atoms with Gasteiger partial charge in [-0.05, 0) is 31.5 Å². The molecule has 1 N–H and O–H groups in total. The number of rotatable bonds is 6. The van der Waals surface area contributed by atoms with Gasteiger partial charge in [0.15, 0.2) is 0 Å². The minimum Gasteiger partial charge on any atom is -0.470 e. The monoisotopic (exact) mass is 349 g/mol. The number of aromatic nitrogens is 1. The number of ether oxygens (including phenoxy) is 1. The van der Waals surface area contributed by atoms with Crippen molar-refractivity contribution >= 4 is 22.9 Å². The molecule has 1 unspecified atom stereocenters. The number of benzene rings is 1. The van der Waals surface area contributed by atoms with E-state index in [9.17, 15) is 9.18 Å². The fourth-order valence-corrected chi connectivity index (χ4v) is 3.35. The number of para-hydroxylation sites is 1. The van der Waals surface area contributed by atoms with Crippen LogP contribution in [0.5, 0.6) is 5.19 Å². The van der Waals surface area contributed by atoms with Crippen molar-refractivity contribution in [3.05, 3.63) is 41.7 Å². The minimum absolute atomic E-state index is 0.193. The van der Waals surface area contributed by atoms with E-state index < -0.39 is 5.82 Å². The molecule has 1 atom stereocenters. The minimum atomic E-state index is -0.417. The summed E-state index contributed by atoms with van der Waals surface area (Å²) in [4.78, 5) is 18.3. The Balaban J connectivity index is 1.46. The van der Waals surface area contributed by atoms with Gasteiger partial charge in [0, 0.05) is 24.0 Å². The van der Waals surface area contributed by atoms with E-state index in [0.29, 0.717) is 17.7 Å². The molecule has 7 heteroatoms. The molecule has 0 spiro atoms. The summed E-state index contributed by atoms with van der Waals surface area (Å²) < 4.78 is 19.3. The number of nitrogens with one attached hydrogen (secondary N) is 1. The SMILES string of the molecule is O=C(CN1CCCC(COc2nccs2)C1)Nc1ccccc1F. The largest absolute Gasteiger partial charge is 0.470 e. The quantitative estimate of drug-likeness (QED) is 0.871. The third-order valence-electron chi connectivity index (χ3n) is 3.97. The average molecular weight is 349 g/mol. The zero-order valence-electron chi connectivity index (χ0n) is 13.3. The van der Waals surface area contributed by atoms with E-state index in [-0.39, 0.29) is 18.1 Å². The van der Waals surface area contributed by atoms with Gasteiger partial charge in [0.2, 0.25) is 5.91 Å². The van der Waals surface area contributed by atoms with Gasteiger partial charge in [-0.15, -0.1) is 0 Å². The number of carbonyl (C=O) groups is 1. The predicted octanol–water partition coefficient (Wildman–Crippen LogP) is 3.01. The Morgan fingerprint density at radius 2 is 2.33 bits per heavy atom. The first-order chi connectivity index (χ1) is 11.7. The average Bonchev–Trinajstić information content (AvgIpc) is 3.09. The van der Waals surface area contributed by atoms with Crippen LogP contribution in [0.15, 0.2) is 35.8 Å². The molecule has 1 fully saturated rings. The number of hydrogen-bond acceptors (Lipinski definition) is 5. The summed E-state index contributed by atoms with van der Waals surface area (Å²) in [6.07, 6.45) is 3.83. The van der Waals surface area contributed by atoms with E-state index in [1.54, 1.807) is 24.4 Å². The fourth-order valence-electron chi connectivity index (χ4n) is 2.86. The van der Waals surface area contributed by atoms with Crippen LogP contribution in [0.1, 0.15) is 12.8 Å². The van der Waals surface area contributed by atoms with Gasteiger partial charge >= 0.3 is 0 Å². The first-order valence-corrected chi connectivity index (χ1v) is 8.87. The van der Waals surface area contributed by atoms with Crippen molar-refractivity contribution in [2.75, 3.05) is 31.6 Å². The highest BCUT2D eigenvalue weighted by Gasteiger charge is 2.22. The molecule has 5 nitrogen and oxygen atoms in total. The lowest BCUT2D eigenvalue weighted by Gasteiger charge is -2.31. The van der Waals surface area contributed by atoms with Crippen molar-refractivity contribution < 1.29 is 13.9 Å². The summed E-state index contributed by atoms with van der Waals surface area (Å²) in [6.45, 7) is 2.55. The Kier molecular flexibility index (Phi) is 5.77. The highest BCUT2D eigenvalue weighted by Crippen LogP contribution is 2.20. The van der Waals surface area contributed by atoms with E-state index in [1.165, 1.54) is 17.4 Å². The number of piperidine rings is 1. The summed E-state index contributed by atoms with van der Waals surface area (Å²) in [5, 5.41) is 5.20. The number of hydrogen-bond donors (Lipinski definition) is 1. The molecule has 24 heavy (non-hydrogen) atoms. The van der Waals surface area contributed by atoms with Crippen LogP contribution in [-0.4, -0.2) is 42.0 Å². The first-order valence-electron chi connectivity index (χ1n) is 8.00. The maximum atomic E-state index is 13.6. The second kappa shape index (κ2) is 8.21. The Labute approximate surface area is 144 Å². The van der Waals surface area contributed by atoms with Crippen molar-refractivity contribution in [2.45, 2.75) is 12.8 Å². The van der Waals surface area contributed by atoms with Crippen molar-refractivity contribution in [2.24, 2.45) is 5.92 Å². The van der Waals surface area contributed by atoms with Gasteiger partial charge in [-0.25, -0.2) is 9.37 Å². The van der Waals surface area contributed by atoms with Gasteiger partial charge in [-0.1, -0.05) is 23.5 Å². The number of thiazole rings is 1. The van der Waals surface area contributed by atoms with Crippen LogP contribution >= 0.6 is 11.3 Å². The standard InChI is InChI=1S/C17H20FN3O2S/c18-14-5-1-2-6-15(14)20-16(22)11-21-8-3-4-13(10-21)12-23-17-19-7-9-24-17/h1-2,5-7,9,13H,3-4,8,10-12H2,(H,20,22). The third-order valence-corrected chi connectivity index (χ3v) is 4.65. The fraction of sp³-hybridized carbons (Fsp3) is 0.412. The van der Waals surface area contributed by atoms with E-state index in [2.05, 4.69) is 15.2 Å². The maximum Gasteiger partial charge on any atom is 0.273 e.